The number of ketones is 1. The third-order valence-electron chi connectivity index (χ3n) is 2.61. The molecule has 96 valence electrons. The average molecular weight is 314 g/mol. The summed E-state index contributed by atoms with van der Waals surface area (Å²) in [5.74, 6) is -0.356. The van der Waals surface area contributed by atoms with E-state index in [0.29, 0.717) is 28.8 Å². The Kier molecular flexibility index (Phi) is 3.56. The topological polar surface area (TPSA) is 78.6 Å². The van der Waals surface area contributed by atoms with E-state index in [1.807, 2.05) is 0 Å². The first-order valence-electron chi connectivity index (χ1n) is 5.42. The minimum Gasteiger partial charge on any atom is -0.476 e. The summed E-state index contributed by atoms with van der Waals surface area (Å²) in [4.78, 5) is 22.9. The van der Waals surface area contributed by atoms with Crippen LogP contribution in [0.25, 0.3) is 0 Å². The van der Waals surface area contributed by atoms with E-state index in [4.69, 9.17) is 15.2 Å². The molecular weight excluding hydrogens is 302 g/mol. The molecule has 1 aromatic carbocycles. The Hall–Kier alpha value is -1.56. The van der Waals surface area contributed by atoms with Gasteiger partial charge in [-0.2, -0.15) is 0 Å². The molecular formula is C12H12BrNO4. The second-order valence-corrected chi connectivity index (χ2v) is 4.91. The van der Waals surface area contributed by atoms with Crippen LogP contribution < -0.4 is 10.5 Å². The SMILES string of the molecule is CC(=O)c1cc(Br)cc(N)c1OC1CCOC1=O. The highest BCUT2D eigenvalue weighted by molar-refractivity contribution is 9.10. The zero-order valence-corrected chi connectivity index (χ0v) is 11.3. The molecule has 1 fully saturated rings. The van der Waals surface area contributed by atoms with Crippen LogP contribution in [0.3, 0.4) is 0 Å². The number of carbonyl (C=O) groups is 2. The molecule has 1 atom stereocenters. The highest BCUT2D eigenvalue weighted by Gasteiger charge is 2.30. The molecule has 18 heavy (non-hydrogen) atoms. The fourth-order valence-electron chi connectivity index (χ4n) is 1.73. The van der Waals surface area contributed by atoms with Crippen molar-refractivity contribution in [2.45, 2.75) is 19.4 Å². The Labute approximate surface area is 112 Å². The first-order chi connectivity index (χ1) is 8.49. The van der Waals surface area contributed by atoms with E-state index in [1.54, 1.807) is 12.1 Å². The molecule has 1 aromatic rings. The first kappa shape index (κ1) is 12.9. The molecule has 5 nitrogen and oxygen atoms in total. The summed E-state index contributed by atoms with van der Waals surface area (Å²) in [6, 6.07) is 3.25. The molecule has 0 saturated carbocycles. The number of halogens is 1. The summed E-state index contributed by atoms with van der Waals surface area (Å²) in [7, 11) is 0. The standard InChI is InChI=1S/C12H12BrNO4/c1-6(15)8-4-7(13)5-9(14)11(8)18-10-2-3-17-12(10)16/h4-5,10H,2-3,14H2,1H3. The van der Waals surface area contributed by atoms with Crippen molar-refractivity contribution in [3.63, 3.8) is 0 Å². The maximum atomic E-state index is 11.6. The minimum atomic E-state index is -0.688. The van der Waals surface area contributed by atoms with Crippen LogP contribution in [-0.4, -0.2) is 24.5 Å². The number of carbonyl (C=O) groups excluding carboxylic acids is 2. The van der Waals surface area contributed by atoms with Gasteiger partial charge < -0.3 is 15.2 Å². The predicted octanol–water partition coefficient (Wildman–Crippen LogP) is 1.93. The summed E-state index contributed by atoms with van der Waals surface area (Å²) in [5, 5.41) is 0. The van der Waals surface area contributed by atoms with Gasteiger partial charge in [0.2, 0.25) is 0 Å². The van der Waals surface area contributed by atoms with Crippen LogP contribution in [0.15, 0.2) is 16.6 Å². The number of nitrogen functional groups attached to an aromatic ring is 1. The summed E-state index contributed by atoms with van der Waals surface area (Å²) >= 11 is 3.26. The van der Waals surface area contributed by atoms with Gasteiger partial charge >= 0.3 is 5.97 Å². The lowest BCUT2D eigenvalue weighted by Gasteiger charge is -2.15. The second kappa shape index (κ2) is 4.97. The van der Waals surface area contributed by atoms with Gasteiger partial charge in [0.05, 0.1) is 17.9 Å². The molecule has 1 aliphatic heterocycles. The Morgan fingerprint density at radius 3 is 2.83 bits per heavy atom. The average Bonchev–Trinajstić information content (AvgIpc) is 2.67. The van der Waals surface area contributed by atoms with Gasteiger partial charge in [-0.3, -0.25) is 4.79 Å². The first-order valence-corrected chi connectivity index (χ1v) is 6.21. The molecule has 1 unspecified atom stereocenters. The zero-order chi connectivity index (χ0) is 13.3. The number of benzene rings is 1. The summed E-state index contributed by atoms with van der Waals surface area (Å²) in [6.07, 6.45) is -0.224. The van der Waals surface area contributed by atoms with Gasteiger partial charge in [0.25, 0.3) is 0 Å². The van der Waals surface area contributed by atoms with Gasteiger partial charge in [-0.25, -0.2) is 4.79 Å². The fourth-order valence-corrected chi connectivity index (χ4v) is 2.21. The summed E-state index contributed by atoms with van der Waals surface area (Å²) in [5.41, 5.74) is 6.49. The molecule has 6 heteroatoms. The number of ether oxygens (including phenoxy) is 2. The Morgan fingerprint density at radius 1 is 1.56 bits per heavy atom. The molecule has 0 aliphatic carbocycles. The Morgan fingerprint density at radius 2 is 2.28 bits per heavy atom. The Balaban J connectivity index is 2.36. The van der Waals surface area contributed by atoms with Crippen molar-refractivity contribution in [3.8, 4) is 5.75 Å². The summed E-state index contributed by atoms with van der Waals surface area (Å²) in [6.45, 7) is 1.75. The lowest BCUT2D eigenvalue weighted by atomic mass is 10.1. The van der Waals surface area contributed by atoms with Crippen LogP contribution in [-0.2, 0) is 9.53 Å². The molecule has 0 spiro atoms. The normalized spacial score (nSPS) is 18.6. The van der Waals surface area contributed by atoms with Crippen LogP contribution in [0.5, 0.6) is 5.75 Å². The molecule has 0 aromatic heterocycles. The number of hydrogen-bond donors (Lipinski definition) is 1. The Bertz CT molecular complexity index is 515. The third-order valence-corrected chi connectivity index (χ3v) is 3.07. The van der Waals surface area contributed by atoms with Gasteiger partial charge in [-0.15, -0.1) is 0 Å². The second-order valence-electron chi connectivity index (χ2n) is 3.99. The van der Waals surface area contributed by atoms with Gasteiger partial charge in [-0.05, 0) is 19.1 Å². The fraction of sp³-hybridized carbons (Fsp3) is 0.333. The highest BCUT2D eigenvalue weighted by atomic mass is 79.9. The van der Waals surface area contributed by atoms with Gasteiger partial charge in [0.15, 0.2) is 17.6 Å². The van der Waals surface area contributed by atoms with Crippen molar-refractivity contribution in [1.82, 2.24) is 0 Å². The predicted molar refractivity (Wildman–Crippen MR) is 68.6 cm³/mol. The quantitative estimate of drug-likeness (QED) is 0.524. The molecule has 0 amide bonds. The lowest BCUT2D eigenvalue weighted by molar-refractivity contribution is -0.143. The largest absolute Gasteiger partial charge is 0.476 e. The molecule has 0 bridgehead atoms. The number of rotatable bonds is 3. The highest BCUT2D eigenvalue weighted by Crippen LogP contribution is 2.33. The van der Waals surface area contributed by atoms with E-state index < -0.39 is 12.1 Å². The lowest BCUT2D eigenvalue weighted by Crippen LogP contribution is -2.23. The molecule has 0 radical (unpaired) electrons. The van der Waals surface area contributed by atoms with Gasteiger partial charge in [0, 0.05) is 10.9 Å². The van der Waals surface area contributed by atoms with Crippen molar-refractivity contribution in [3.05, 3.63) is 22.2 Å². The number of Topliss-reactive ketones (excluding diaryl/α,β-unsaturated/α-hetero) is 1. The van der Waals surface area contributed by atoms with E-state index >= 15 is 0 Å². The molecule has 1 heterocycles. The third kappa shape index (κ3) is 2.48. The molecule has 1 aliphatic rings. The van der Waals surface area contributed by atoms with E-state index in [2.05, 4.69) is 15.9 Å². The molecule has 1 saturated heterocycles. The van der Waals surface area contributed by atoms with Crippen molar-refractivity contribution < 1.29 is 19.1 Å². The number of nitrogens with two attached hydrogens (primary N) is 1. The summed E-state index contributed by atoms with van der Waals surface area (Å²) < 4.78 is 11.0. The van der Waals surface area contributed by atoms with E-state index in [1.165, 1.54) is 6.92 Å². The van der Waals surface area contributed by atoms with E-state index in [-0.39, 0.29) is 11.5 Å². The van der Waals surface area contributed by atoms with Gasteiger partial charge in [-0.1, -0.05) is 15.9 Å². The maximum Gasteiger partial charge on any atom is 0.347 e. The van der Waals surface area contributed by atoms with Crippen molar-refractivity contribution in [2.24, 2.45) is 0 Å². The number of hydrogen-bond acceptors (Lipinski definition) is 5. The number of esters is 1. The van der Waals surface area contributed by atoms with Crippen LogP contribution >= 0.6 is 15.9 Å². The van der Waals surface area contributed by atoms with Gasteiger partial charge in [0.1, 0.15) is 0 Å². The minimum absolute atomic E-state index is 0.177. The molecule has 2 N–H and O–H groups in total. The number of anilines is 1. The van der Waals surface area contributed by atoms with Crippen LogP contribution in [0.2, 0.25) is 0 Å². The van der Waals surface area contributed by atoms with E-state index in [9.17, 15) is 9.59 Å². The maximum absolute atomic E-state index is 11.6. The van der Waals surface area contributed by atoms with Crippen molar-refractivity contribution in [1.29, 1.82) is 0 Å². The molecule has 2 rings (SSSR count). The van der Waals surface area contributed by atoms with Crippen LogP contribution in [0.1, 0.15) is 23.7 Å². The zero-order valence-electron chi connectivity index (χ0n) is 9.73. The monoisotopic (exact) mass is 313 g/mol. The van der Waals surface area contributed by atoms with Crippen molar-refractivity contribution >= 4 is 33.4 Å². The van der Waals surface area contributed by atoms with Crippen LogP contribution in [0, 0.1) is 0 Å². The van der Waals surface area contributed by atoms with E-state index in [0.717, 1.165) is 0 Å². The smallest absolute Gasteiger partial charge is 0.347 e. The van der Waals surface area contributed by atoms with Crippen molar-refractivity contribution in [2.75, 3.05) is 12.3 Å². The number of cyclic esters (lactones) is 1. The van der Waals surface area contributed by atoms with Crippen LogP contribution in [0.4, 0.5) is 5.69 Å².